The summed E-state index contributed by atoms with van der Waals surface area (Å²) in [5.74, 6) is -3.16. The van der Waals surface area contributed by atoms with Crippen molar-refractivity contribution >= 4 is 11.8 Å². The molecule has 106 valence electrons. The molecule has 0 saturated heterocycles. The zero-order chi connectivity index (χ0) is 14.7. The van der Waals surface area contributed by atoms with E-state index in [1.165, 1.54) is 19.2 Å². The zero-order valence-corrected chi connectivity index (χ0v) is 11.0. The van der Waals surface area contributed by atoms with Crippen molar-refractivity contribution in [2.45, 2.75) is 12.8 Å². The Morgan fingerprint density at radius 2 is 1.90 bits per heavy atom. The van der Waals surface area contributed by atoms with Crippen molar-refractivity contribution in [3.8, 4) is 5.75 Å². The number of carbonyl (C=O) groups is 2. The minimum Gasteiger partial charge on any atom is -0.496 e. The molecule has 0 saturated carbocycles. The molecular weight excluding hydrogens is 263 g/mol. The summed E-state index contributed by atoms with van der Waals surface area (Å²) in [6.07, 6.45) is 4.19. The molecule has 0 heterocycles. The Morgan fingerprint density at radius 1 is 1.25 bits per heavy atom. The Labute approximate surface area is 115 Å². The first-order valence-corrected chi connectivity index (χ1v) is 6.30. The first-order valence-electron chi connectivity index (χ1n) is 6.30. The number of carboxylic acids is 1. The van der Waals surface area contributed by atoms with Gasteiger partial charge in [-0.2, -0.15) is 0 Å². The number of benzene rings is 1. The molecule has 0 amide bonds. The number of allylic oxidation sites excluding steroid dienone is 2. The fourth-order valence-electron chi connectivity index (χ4n) is 2.45. The molecular formula is C15H15FO4. The first kappa shape index (κ1) is 14.2. The van der Waals surface area contributed by atoms with E-state index >= 15 is 0 Å². The second kappa shape index (κ2) is 5.86. The monoisotopic (exact) mass is 278 g/mol. The number of halogens is 1. The quantitative estimate of drug-likeness (QED) is 0.679. The summed E-state index contributed by atoms with van der Waals surface area (Å²) in [5, 5.41) is 9.19. The number of hydrogen-bond acceptors (Lipinski definition) is 3. The third-order valence-corrected chi connectivity index (χ3v) is 3.51. The van der Waals surface area contributed by atoms with Crippen molar-refractivity contribution in [3.63, 3.8) is 0 Å². The van der Waals surface area contributed by atoms with Crippen molar-refractivity contribution in [1.82, 2.24) is 0 Å². The van der Waals surface area contributed by atoms with Crippen molar-refractivity contribution in [3.05, 3.63) is 41.7 Å². The van der Waals surface area contributed by atoms with E-state index in [-0.39, 0.29) is 11.3 Å². The van der Waals surface area contributed by atoms with Gasteiger partial charge in [0.15, 0.2) is 5.78 Å². The van der Waals surface area contributed by atoms with Gasteiger partial charge in [0, 0.05) is 5.92 Å². The second-order valence-corrected chi connectivity index (χ2v) is 4.70. The van der Waals surface area contributed by atoms with Crippen LogP contribution in [-0.4, -0.2) is 24.0 Å². The van der Waals surface area contributed by atoms with Crippen LogP contribution in [0.2, 0.25) is 0 Å². The van der Waals surface area contributed by atoms with E-state index in [2.05, 4.69) is 0 Å². The van der Waals surface area contributed by atoms with Crippen LogP contribution in [0.4, 0.5) is 4.39 Å². The van der Waals surface area contributed by atoms with Gasteiger partial charge in [0.1, 0.15) is 11.6 Å². The van der Waals surface area contributed by atoms with E-state index in [1.807, 2.05) is 0 Å². The van der Waals surface area contributed by atoms with E-state index < -0.39 is 29.4 Å². The smallest absolute Gasteiger partial charge is 0.307 e. The fourth-order valence-corrected chi connectivity index (χ4v) is 2.45. The van der Waals surface area contributed by atoms with E-state index in [0.717, 1.165) is 6.07 Å². The van der Waals surface area contributed by atoms with E-state index in [1.54, 1.807) is 12.2 Å². The normalized spacial score (nSPS) is 21.5. The lowest BCUT2D eigenvalue weighted by molar-refractivity contribution is -0.143. The van der Waals surface area contributed by atoms with E-state index in [9.17, 15) is 19.1 Å². The van der Waals surface area contributed by atoms with Gasteiger partial charge in [0.05, 0.1) is 18.6 Å². The fraction of sp³-hybridized carbons (Fsp3) is 0.333. The molecule has 1 aromatic carbocycles. The van der Waals surface area contributed by atoms with Gasteiger partial charge in [-0.1, -0.05) is 12.2 Å². The third-order valence-electron chi connectivity index (χ3n) is 3.51. The summed E-state index contributed by atoms with van der Waals surface area (Å²) in [6.45, 7) is 0. The number of Topliss-reactive ketones (excluding diaryl/α,β-unsaturated/α-hetero) is 1. The maximum Gasteiger partial charge on any atom is 0.307 e. The average Bonchev–Trinajstić information content (AvgIpc) is 2.46. The predicted octanol–water partition coefficient (Wildman–Crippen LogP) is 2.68. The highest BCUT2D eigenvalue weighted by Crippen LogP contribution is 2.32. The Morgan fingerprint density at radius 3 is 2.50 bits per heavy atom. The SMILES string of the molecule is COc1ccc(F)cc1C(=O)C1CC=CCC1C(=O)O. The number of hydrogen-bond donors (Lipinski definition) is 1. The molecule has 0 radical (unpaired) electrons. The van der Waals surface area contributed by atoms with Gasteiger partial charge >= 0.3 is 5.97 Å². The number of aliphatic carboxylic acids is 1. The molecule has 1 aromatic rings. The Bertz CT molecular complexity index is 565. The molecule has 0 spiro atoms. The van der Waals surface area contributed by atoms with Gasteiger partial charge < -0.3 is 9.84 Å². The van der Waals surface area contributed by atoms with Gasteiger partial charge in [0.2, 0.25) is 0 Å². The van der Waals surface area contributed by atoms with Crippen molar-refractivity contribution < 1.29 is 23.8 Å². The van der Waals surface area contributed by atoms with Crippen LogP contribution in [0.3, 0.4) is 0 Å². The number of methoxy groups -OCH3 is 1. The predicted molar refractivity (Wildman–Crippen MR) is 70.3 cm³/mol. The third kappa shape index (κ3) is 2.71. The maximum absolute atomic E-state index is 13.3. The molecule has 2 unspecified atom stereocenters. The van der Waals surface area contributed by atoms with Crippen LogP contribution in [-0.2, 0) is 4.79 Å². The van der Waals surface area contributed by atoms with Crippen molar-refractivity contribution in [1.29, 1.82) is 0 Å². The van der Waals surface area contributed by atoms with Gasteiger partial charge in [-0.25, -0.2) is 4.39 Å². The summed E-state index contributed by atoms with van der Waals surface area (Å²) in [7, 11) is 1.39. The van der Waals surface area contributed by atoms with Gasteiger partial charge in [-0.3, -0.25) is 9.59 Å². The Balaban J connectivity index is 2.37. The molecule has 1 N–H and O–H groups in total. The summed E-state index contributed by atoms with van der Waals surface area (Å²) < 4.78 is 18.4. The molecule has 0 aliphatic heterocycles. The number of carboxylic acid groups (broad SMARTS) is 1. The highest BCUT2D eigenvalue weighted by atomic mass is 19.1. The molecule has 5 heteroatoms. The summed E-state index contributed by atoms with van der Waals surface area (Å²) >= 11 is 0. The largest absolute Gasteiger partial charge is 0.496 e. The minimum absolute atomic E-state index is 0.0963. The Hall–Kier alpha value is -2.17. The second-order valence-electron chi connectivity index (χ2n) is 4.70. The molecule has 2 atom stereocenters. The molecule has 20 heavy (non-hydrogen) atoms. The summed E-state index contributed by atoms with van der Waals surface area (Å²) in [4.78, 5) is 23.7. The molecule has 1 aliphatic carbocycles. The highest BCUT2D eigenvalue weighted by Gasteiger charge is 2.35. The molecule has 2 rings (SSSR count). The minimum atomic E-state index is -1.01. The molecule has 0 aromatic heterocycles. The number of ether oxygens (including phenoxy) is 1. The van der Waals surface area contributed by atoms with Crippen LogP contribution in [0.1, 0.15) is 23.2 Å². The molecule has 0 bridgehead atoms. The first-order chi connectivity index (χ1) is 9.54. The van der Waals surface area contributed by atoms with Crippen LogP contribution < -0.4 is 4.74 Å². The van der Waals surface area contributed by atoms with Crippen LogP contribution in [0.25, 0.3) is 0 Å². The zero-order valence-electron chi connectivity index (χ0n) is 11.0. The molecule has 4 nitrogen and oxygen atoms in total. The van der Waals surface area contributed by atoms with Gasteiger partial charge in [-0.15, -0.1) is 0 Å². The lowest BCUT2D eigenvalue weighted by Gasteiger charge is -2.24. The number of carbonyl (C=O) groups excluding carboxylic acids is 1. The average molecular weight is 278 g/mol. The number of rotatable bonds is 4. The molecule has 0 fully saturated rings. The number of ketones is 1. The van der Waals surface area contributed by atoms with Crippen molar-refractivity contribution in [2.24, 2.45) is 11.8 Å². The van der Waals surface area contributed by atoms with E-state index in [4.69, 9.17) is 4.74 Å². The van der Waals surface area contributed by atoms with Crippen LogP contribution in [0.15, 0.2) is 30.4 Å². The van der Waals surface area contributed by atoms with Crippen LogP contribution in [0, 0.1) is 17.7 Å². The lowest BCUT2D eigenvalue weighted by atomic mass is 9.78. The summed E-state index contributed by atoms with van der Waals surface area (Å²) in [6, 6.07) is 3.67. The van der Waals surface area contributed by atoms with Crippen molar-refractivity contribution in [2.75, 3.05) is 7.11 Å². The summed E-state index contributed by atoms with van der Waals surface area (Å²) in [5.41, 5.74) is 0.0963. The maximum atomic E-state index is 13.3. The van der Waals surface area contributed by atoms with Gasteiger partial charge in [0.25, 0.3) is 0 Å². The topological polar surface area (TPSA) is 63.6 Å². The Kier molecular flexibility index (Phi) is 4.17. The standard InChI is InChI=1S/C15H15FO4/c1-20-13-7-6-9(16)8-12(13)14(17)10-4-2-3-5-11(10)15(18)19/h2-3,6-8,10-11H,4-5H2,1H3,(H,18,19). The molecule has 1 aliphatic rings. The highest BCUT2D eigenvalue weighted by molar-refractivity contribution is 6.02. The van der Waals surface area contributed by atoms with Crippen LogP contribution >= 0.6 is 0 Å². The lowest BCUT2D eigenvalue weighted by Crippen LogP contribution is -2.31. The van der Waals surface area contributed by atoms with Gasteiger partial charge in [-0.05, 0) is 31.0 Å². The van der Waals surface area contributed by atoms with Crippen LogP contribution in [0.5, 0.6) is 5.75 Å². The van der Waals surface area contributed by atoms with E-state index in [0.29, 0.717) is 12.8 Å².